The van der Waals surface area contributed by atoms with E-state index < -0.39 is 10.0 Å². The van der Waals surface area contributed by atoms with Gasteiger partial charge >= 0.3 is 0 Å². The van der Waals surface area contributed by atoms with Gasteiger partial charge in [-0.15, -0.1) is 0 Å². The lowest BCUT2D eigenvalue weighted by molar-refractivity contribution is -0.121. The number of hydrogen-bond acceptors (Lipinski definition) is 5. The number of rotatable bonds is 10. The van der Waals surface area contributed by atoms with E-state index in [0.717, 1.165) is 43.8 Å². The maximum absolute atomic E-state index is 12.3. The smallest absolute Gasteiger partial charge is 0.238 e. The molecule has 1 aromatic heterocycles. The number of aryl methyl sites for hydroxylation is 2. The molecule has 1 amide bonds. The number of piperidine rings is 1. The minimum atomic E-state index is -3.78. The monoisotopic (exact) mass is 449 g/mol. The summed E-state index contributed by atoms with van der Waals surface area (Å²) in [5, 5.41) is 8.27. The summed E-state index contributed by atoms with van der Waals surface area (Å²) in [4.78, 5) is 19.5. The van der Waals surface area contributed by atoms with Crippen LogP contribution in [0.5, 0.6) is 0 Å². The Balaban J connectivity index is 1.55. The third-order valence-electron chi connectivity index (χ3n) is 6.04. The van der Waals surface area contributed by atoms with Gasteiger partial charge in [0.05, 0.1) is 15.9 Å². The molecule has 1 aliphatic heterocycles. The number of primary sulfonamides is 1. The lowest BCUT2D eigenvalue weighted by Gasteiger charge is -2.33. The topological polar surface area (TPSA) is 110 Å². The average Bonchev–Trinajstić information content (AvgIpc) is 3.07. The molecule has 0 spiro atoms. The zero-order valence-corrected chi connectivity index (χ0v) is 19.5. The van der Waals surface area contributed by atoms with E-state index in [-0.39, 0.29) is 10.8 Å². The fourth-order valence-corrected chi connectivity index (χ4v) is 4.85. The number of nitrogens with zero attached hydrogens (tertiary/aromatic N) is 3. The highest BCUT2D eigenvalue weighted by Crippen LogP contribution is 2.21. The maximum atomic E-state index is 12.3. The minimum Gasteiger partial charge on any atom is -0.356 e. The van der Waals surface area contributed by atoms with E-state index in [1.165, 1.54) is 31.4 Å². The second-order valence-electron chi connectivity index (χ2n) is 8.46. The fourth-order valence-electron chi connectivity index (χ4n) is 4.31. The van der Waals surface area contributed by atoms with E-state index in [0.29, 0.717) is 30.9 Å². The van der Waals surface area contributed by atoms with E-state index >= 15 is 0 Å². The average molecular weight is 450 g/mol. The standard InChI is InChI=1S/C22H35N5O3S/c1-3-13-27-20-9-8-18(31(23,29)30)16-19(20)25-21(27)10-11-22(28)24-12-6-15-26-14-5-4-7-17(26)2/h8-9,16-17H,3-7,10-15H2,1-2H3,(H,24,28)(H2,23,29,30). The number of sulfonamides is 1. The summed E-state index contributed by atoms with van der Waals surface area (Å²) in [6, 6.07) is 5.39. The van der Waals surface area contributed by atoms with Gasteiger partial charge in [-0.2, -0.15) is 0 Å². The van der Waals surface area contributed by atoms with Gasteiger partial charge in [-0.3, -0.25) is 4.79 Å². The molecular formula is C22H35N5O3S. The van der Waals surface area contributed by atoms with Crippen molar-refractivity contribution in [2.45, 2.75) is 76.3 Å². The summed E-state index contributed by atoms with van der Waals surface area (Å²) in [5.74, 6) is 0.813. The van der Waals surface area contributed by atoms with Crippen molar-refractivity contribution in [1.29, 1.82) is 0 Å². The first kappa shape index (κ1) is 23.7. The Morgan fingerprint density at radius 1 is 1.29 bits per heavy atom. The number of nitrogens with one attached hydrogen (secondary N) is 1. The van der Waals surface area contributed by atoms with Crippen LogP contribution >= 0.6 is 0 Å². The van der Waals surface area contributed by atoms with Crippen LogP contribution in [0, 0.1) is 0 Å². The van der Waals surface area contributed by atoms with Gasteiger partial charge in [-0.25, -0.2) is 18.5 Å². The largest absolute Gasteiger partial charge is 0.356 e. The van der Waals surface area contributed by atoms with Crippen LogP contribution in [0.25, 0.3) is 11.0 Å². The number of benzene rings is 1. The van der Waals surface area contributed by atoms with Crippen LogP contribution in [0.15, 0.2) is 23.1 Å². The van der Waals surface area contributed by atoms with Gasteiger partial charge in [0.1, 0.15) is 5.82 Å². The first-order valence-electron chi connectivity index (χ1n) is 11.3. The lowest BCUT2D eigenvalue weighted by atomic mass is 10.0. The van der Waals surface area contributed by atoms with Crippen LogP contribution in [-0.2, 0) is 27.8 Å². The van der Waals surface area contributed by atoms with Gasteiger partial charge in [0.2, 0.25) is 15.9 Å². The lowest BCUT2D eigenvalue weighted by Crippen LogP contribution is -2.39. The molecule has 31 heavy (non-hydrogen) atoms. The highest BCUT2D eigenvalue weighted by Gasteiger charge is 2.18. The first-order valence-corrected chi connectivity index (χ1v) is 12.9. The highest BCUT2D eigenvalue weighted by atomic mass is 32.2. The molecule has 3 N–H and O–H groups in total. The molecule has 1 saturated heterocycles. The predicted octanol–water partition coefficient (Wildman–Crippen LogP) is 2.41. The molecule has 1 aromatic carbocycles. The summed E-state index contributed by atoms with van der Waals surface area (Å²) in [6.45, 7) is 7.99. The number of aromatic nitrogens is 2. The van der Waals surface area contributed by atoms with Crippen LogP contribution in [0.3, 0.4) is 0 Å². The number of carbonyl (C=O) groups is 1. The molecule has 1 aliphatic rings. The number of carbonyl (C=O) groups excluding carboxylic acids is 1. The Hall–Kier alpha value is -1.97. The zero-order valence-electron chi connectivity index (χ0n) is 18.6. The van der Waals surface area contributed by atoms with E-state index in [2.05, 4.69) is 33.6 Å². The first-order chi connectivity index (χ1) is 14.8. The number of hydrogen-bond donors (Lipinski definition) is 2. The Labute approximate surface area is 185 Å². The summed E-state index contributed by atoms with van der Waals surface area (Å²) in [5.41, 5.74) is 1.45. The van der Waals surface area contributed by atoms with Crippen molar-refractivity contribution in [3.8, 4) is 0 Å². The fraction of sp³-hybridized carbons (Fsp3) is 0.636. The van der Waals surface area contributed by atoms with Crippen LogP contribution in [-0.4, -0.2) is 54.5 Å². The molecule has 0 radical (unpaired) electrons. The molecule has 3 rings (SSSR count). The number of likely N-dealkylation sites (tertiary alicyclic amines) is 1. The summed E-state index contributed by atoms with van der Waals surface area (Å²) in [6.07, 6.45) is 6.60. The third-order valence-corrected chi connectivity index (χ3v) is 6.95. The molecule has 172 valence electrons. The van der Waals surface area contributed by atoms with Crippen LogP contribution in [0.2, 0.25) is 0 Å². The van der Waals surface area contributed by atoms with Gasteiger partial charge in [0, 0.05) is 38.5 Å². The van der Waals surface area contributed by atoms with E-state index in [1.54, 1.807) is 6.07 Å². The number of nitrogens with two attached hydrogens (primary N) is 1. The van der Waals surface area contributed by atoms with E-state index in [9.17, 15) is 13.2 Å². The summed E-state index contributed by atoms with van der Waals surface area (Å²) >= 11 is 0. The number of fused-ring (bicyclic) bond motifs is 1. The van der Waals surface area contributed by atoms with Gasteiger partial charge in [-0.05, 0) is 57.4 Å². The van der Waals surface area contributed by atoms with Crippen LogP contribution < -0.4 is 10.5 Å². The molecule has 0 bridgehead atoms. The second-order valence-corrected chi connectivity index (χ2v) is 10.0. The van der Waals surface area contributed by atoms with Gasteiger partial charge < -0.3 is 14.8 Å². The Morgan fingerprint density at radius 2 is 2.10 bits per heavy atom. The predicted molar refractivity (Wildman–Crippen MR) is 122 cm³/mol. The SMILES string of the molecule is CCCn1c(CCC(=O)NCCCN2CCCCC2C)nc2cc(S(N)(=O)=O)ccc21. The molecular weight excluding hydrogens is 414 g/mol. The van der Waals surface area contributed by atoms with Crippen molar-refractivity contribution >= 4 is 27.0 Å². The van der Waals surface area contributed by atoms with Crippen molar-refractivity contribution < 1.29 is 13.2 Å². The molecule has 8 nitrogen and oxygen atoms in total. The van der Waals surface area contributed by atoms with Gasteiger partial charge in [-0.1, -0.05) is 13.3 Å². The van der Waals surface area contributed by atoms with Gasteiger partial charge in [0.15, 0.2) is 0 Å². The molecule has 1 atom stereocenters. The molecule has 1 unspecified atom stereocenters. The van der Waals surface area contributed by atoms with E-state index in [4.69, 9.17) is 5.14 Å². The van der Waals surface area contributed by atoms with Crippen molar-refractivity contribution in [2.75, 3.05) is 19.6 Å². The highest BCUT2D eigenvalue weighted by molar-refractivity contribution is 7.89. The Kier molecular flexibility index (Phi) is 8.07. The summed E-state index contributed by atoms with van der Waals surface area (Å²) in [7, 11) is -3.78. The Bertz CT molecular complexity index is 1000. The molecule has 0 aliphatic carbocycles. The third kappa shape index (κ3) is 6.27. The summed E-state index contributed by atoms with van der Waals surface area (Å²) < 4.78 is 25.3. The molecule has 2 aromatic rings. The quantitative estimate of drug-likeness (QED) is 0.541. The van der Waals surface area contributed by atoms with Crippen LogP contribution in [0.4, 0.5) is 0 Å². The normalized spacial score (nSPS) is 17.8. The maximum Gasteiger partial charge on any atom is 0.238 e. The van der Waals surface area contributed by atoms with E-state index in [1.807, 2.05) is 0 Å². The number of imidazole rings is 1. The van der Waals surface area contributed by atoms with Crippen molar-refractivity contribution in [1.82, 2.24) is 19.8 Å². The van der Waals surface area contributed by atoms with Crippen molar-refractivity contribution in [2.24, 2.45) is 5.14 Å². The van der Waals surface area contributed by atoms with Gasteiger partial charge in [0.25, 0.3) is 0 Å². The second kappa shape index (κ2) is 10.6. The molecule has 0 saturated carbocycles. The minimum absolute atomic E-state index is 0.0204. The number of amides is 1. The Morgan fingerprint density at radius 3 is 2.81 bits per heavy atom. The van der Waals surface area contributed by atoms with Crippen molar-refractivity contribution in [3.63, 3.8) is 0 Å². The van der Waals surface area contributed by atoms with Crippen molar-refractivity contribution in [3.05, 3.63) is 24.0 Å². The van der Waals surface area contributed by atoms with Crippen LogP contribution in [0.1, 0.15) is 58.2 Å². The zero-order chi connectivity index (χ0) is 22.4. The molecule has 1 fully saturated rings. The molecule has 9 heteroatoms. The molecule has 2 heterocycles.